The zero-order valence-corrected chi connectivity index (χ0v) is 31.0. The van der Waals surface area contributed by atoms with Gasteiger partial charge in [-0.05, 0) is 91.5 Å². The lowest BCUT2D eigenvalue weighted by atomic mass is 10.1. The van der Waals surface area contributed by atoms with Crippen LogP contribution in [0.25, 0.3) is 22.3 Å². The highest BCUT2D eigenvalue weighted by molar-refractivity contribution is 7.84. The largest absolute Gasteiger partial charge is 0.0693 e. The van der Waals surface area contributed by atoms with Crippen molar-refractivity contribution in [1.29, 1.82) is 0 Å². The smallest absolute Gasteiger partial charge is 0.00734 e. The summed E-state index contributed by atoms with van der Waals surface area (Å²) in [5.74, 6) is 0. The number of hydrogen-bond acceptors (Lipinski definition) is 0. The van der Waals surface area contributed by atoms with Gasteiger partial charge in [0.05, 0.1) is 0 Å². The van der Waals surface area contributed by atoms with Crippen LogP contribution in [0.15, 0.2) is 127 Å². The first kappa shape index (κ1) is 33.7. The van der Waals surface area contributed by atoms with Gasteiger partial charge in [0.1, 0.15) is 0 Å². The van der Waals surface area contributed by atoms with Crippen LogP contribution in [0.5, 0.6) is 0 Å². The van der Waals surface area contributed by atoms with Crippen molar-refractivity contribution in [1.82, 2.24) is 0 Å². The van der Waals surface area contributed by atoms with Crippen molar-refractivity contribution in [3.8, 4) is 22.3 Å². The van der Waals surface area contributed by atoms with Gasteiger partial charge in [0, 0.05) is 0 Å². The van der Waals surface area contributed by atoms with E-state index in [0.29, 0.717) is 22.6 Å². The molecule has 0 aromatic heterocycles. The molecule has 5 aromatic carbocycles. The molecule has 0 saturated heterocycles. The third kappa shape index (κ3) is 7.69. The molecule has 0 amide bonds. The van der Waals surface area contributed by atoms with E-state index in [1.807, 2.05) is 0 Å². The molecule has 0 radical (unpaired) electrons. The Hall–Kier alpha value is -2.61. The predicted octanol–water partition coefficient (Wildman–Crippen LogP) is 10.6. The van der Waals surface area contributed by atoms with E-state index in [9.17, 15) is 0 Å². The summed E-state index contributed by atoms with van der Waals surface area (Å²) in [6.07, 6.45) is 0. The topological polar surface area (TPSA) is 0 Å². The highest BCUT2D eigenvalue weighted by Crippen LogP contribution is 2.50. The summed E-state index contributed by atoms with van der Waals surface area (Å²) >= 11 is 0. The van der Waals surface area contributed by atoms with Gasteiger partial charge in [0.15, 0.2) is 0 Å². The lowest BCUT2D eigenvalue weighted by Crippen LogP contribution is -2.38. The molecule has 232 valence electrons. The minimum absolute atomic E-state index is 0.385. The monoisotopic (exact) mass is 646 g/mol. The van der Waals surface area contributed by atoms with Gasteiger partial charge in [0.2, 0.25) is 0 Å². The number of hydrogen-bond donors (Lipinski definition) is 0. The normalized spacial score (nSPS) is 12.1. The summed E-state index contributed by atoms with van der Waals surface area (Å²) < 4.78 is 0. The molecular formula is C42H49P3. The first-order valence-electron chi connectivity index (χ1n) is 16.5. The molecule has 0 fully saturated rings. The van der Waals surface area contributed by atoms with Crippen molar-refractivity contribution in [2.45, 2.75) is 78.0 Å². The van der Waals surface area contributed by atoms with Gasteiger partial charge in [-0.15, -0.1) is 0 Å². The second kappa shape index (κ2) is 15.3. The van der Waals surface area contributed by atoms with Crippen LogP contribution in [0.3, 0.4) is 0 Å². The van der Waals surface area contributed by atoms with E-state index in [2.05, 4.69) is 183 Å². The molecule has 0 saturated carbocycles. The summed E-state index contributed by atoms with van der Waals surface area (Å²) in [6, 6.07) is 48.3. The van der Waals surface area contributed by atoms with Crippen molar-refractivity contribution in [2.24, 2.45) is 0 Å². The Morgan fingerprint density at radius 3 is 1.00 bits per heavy atom. The maximum Gasteiger partial charge on any atom is -0.00734 e. The third-order valence-corrected chi connectivity index (χ3v) is 17.7. The maximum atomic E-state index is 2.57. The predicted molar refractivity (Wildman–Crippen MR) is 210 cm³/mol. The molecular weight excluding hydrogens is 597 g/mol. The molecule has 5 rings (SSSR count). The average molecular weight is 647 g/mol. The summed E-state index contributed by atoms with van der Waals surface area (Å²) in [4.78, 5) is 0. The van der Waals surface area contributed by atoms with E-state index in [1.54, 1.807) is 21.2 Å². The molecule has 0 nitrogen and oxygen atoms in total. The molecule has 5 aromatic rings. The van der Waals surface area contributed by atoms with Crippen LogP contribution in [-0.2, 0) is 0 Å². The fourth-order valence-electron chi connectivity index (χ4n) is 6.75. The van der Waals surface area contributed by atoms with Crippen molar-refractivity contribution >= 4 is 50.3 Å². The molecule has 0 spiro atoms. The molecule has 0 aliphatic carbocycles. The van der Waals surface area contributed by atoms with Crippen molar-refractivity contribution in [3.63, 3.8) is 0 Å². The van der Waals surface area contributed by atoms with Crippen molar-refractivity contribution in [3.05, 3.63) is 127 Å². The van der Waals surface area contributed by atoms with Crippen LogP contribution in [0.2, 0.25) is 0 Å². The van der Waals surface area contributed by atoms with E-state index >= 15 is 0 Å². The third-order valence-electron chi connectivity index (χ3n) is 8.44. The Kier molecular flexibility index (Phi) is 11.5. The molecule has 0 N–H and O–H groups in total. The van der Waals surface area contributed by atoms with Gasteiger partial charge >= 0.3 is 0 Å². The molecule has 0 heterocycles. The zero-order valence-electron chi connectivity index (χ0n) is 28.3. The fraction of sp³-hybridized carbons (Fsp3) is 0.286. The Morgan fingerprint density at radius 1 is 0.333 bits per heavy atom. The van der Waals surface area contributed by atoms with Crippen LogP contribution in [0, 0.1) is 0 Å². The number of rotatable bonds is 11. The second-order valence-corrected chi connectivity index (χ2v) is 21.9. The first-order valence-corrected chi connectivity index (χ1v) is 20.8. The zero-order chi connectivity index (χ0) is 32.1. The first-order chi connectivity index (χ1) is 21.7. The molecule has 0 bridgehead atoms. The summed E-state index contributed by atoms with van der Waals surface area (Å²) in [5, 5.41) is 7.70. The average Bonchev–Trinajstić information content (AvgIpc) is 3.03. The lowest BCUT2D eigenvalue weighted by Gasteiger charge is -2.35. The highest BCUT2D eigenvalue weighted by Gasteiger charge is 2.31. The van der Waals surface area contributed by atoms with Crippen LogP contribution in [-0.4, -0.2) is 22.6 Å². The molecule has 0 aliphatic rings. The Labute approximate surface area is 277 Å². The van der Waals surface area contributed by atoms with Gasteiger partial charge in [-0.3, -0.25) is 0 Å². The van der Waals surface area contributed by atoms with Crippen LogP contribution < -0.4 is 26.5 Å². The minimum Gasteiger partial charge on any atom is -0.0693 e. The van der Waals surface area contributed by atoms with Gasteiger partial charge in [-0.2, -0.15) is 0 Å². The van der Waals surface area contributed by atoms with E-state index < -0.39 is 7.92 Å². The summed E-state index contributed by atoms with van der Waals surface area (Å²) in [6.45, 7) is 19.5. The number of benzene rings is 5. The van der Waals surface area contributed by atoms with Gasteiger partial charge in [-0.25, -0.2) is 0 Å². The van der Waals surface area contributed by atoms with Crippen LogP contribution in [0.4, 0.5) is 0 Å². The lowest BCUT2D eigenvalue weighted by molar-refractivity contribution is 1.02. The molecule has 0 atom stereocenters. The minimum atomic E-state index is -0.782. The SMILES string of the molecule is CC(C)P(c1cc(-c2ccccc2)ccc1P(c1ccccc1)c1ccc(-c2ccccc2)cc1P(C(C)C)C(C)C)C(C)C. The standard InChI is InChI=1S/C42H49P3/c1-30(2)43(31(3)4)41-28-36(34-18-12-9-13-19-34)24-26-39(41)45(38-22-16-11-17-23-38)40-27-25-37(35-20-14-10-15-21-35)29-42(40)44(32(5)6)33(7)8/h9-33H,1-8H3. The Balaban J connectivity index is 1.83. The van der Waals surface area contributed by atoms with Crippen LogP contribution >= 0.6 is 23.8 Å². The van der Waals surface area contributed by atoms with Crippen molar-refractivity contribution in [2.75, 3.05) is 0 Å². The van der Waals surface area contributed by atoms with Gasteiger partial charge in [-0.1, -0.05) is 186 Å². The van der Waals surface area contributed by atoms with E-state index in [-0.39, 0.29) is 15.8 Å². The van der Waals surface area contributed by atoms with Crippen LogP contribution in [0.1, 0.15) is 55.4 Å². The molecule has 0 unspecified atom stereocenters. The van der Waals surface area contributed by atoms with Crippen molar-refractivity contribution < 1.29 is 0 Å². The van der Waals surface area contributed by atoms with Gasteiger partial charge < -0.3 is 0 Å². The maximum absolute atomic E-state index is 2.57. The molecule has 3 heteroatoms. The summed E-state index contributed by atoms with van der Waals surface area (Å²) in [5.41, 5.74) is 7.65. The molecule has 45 heavy (non-hydrogen) atoms. The highest BCUT2D eigenvalue weighted by atomic mass is 31.1. The summed E-state index contributed by atoms with van der Waals surface area (Å²) in [7, 11) is -1.55. The Bertz CT molecular complexity index is 1530. The van der Waals surface area contributed by atoms with E-state index in [4.69, 9.17) is 0 Å². The van der Waals surface area contributed by atoms with E-state index in [0.717, 1.165) is 0 Å². The fourth-order valence-corrected chi connectivity index (χ4v) is 16.2. The molecule has 0 aliphatic heterocycles. The quantitative estimate of drug-likeness (QED) is 0.125. The Morgan fingerprint density at radius 2 is 0.667 bits per heavy atom. The van der Waals surface area contributed by atoms with E-state index in [1.165, 1.54) is 27.6 Å². The second-order valence-electron chi connectivity index (χ2n) is 13.0. The van der Waals surface area contributed by atoms with Gasteiger partial charge in [0.25, 0.3) is 0 Å².